The van der Waals surface area contributed by atoms with Crippen molar-refractivity contribution >= 4 is 23.7 Å². The second kappa shape index (κ2) is 7.36. The third-order valence-electron chi connectivity index (χ3n) is 3.59. The number of anilines is 1. The average molecular weight is 400 g/mol. The molecule has 2 aromatic carbocycles. The fraction of sp³-hybridized carbons (Fsp3) is 0.118. The van der Waals surface area contributed by atoms with Crippen LogP contribution in [0.1, 0.15) is 11.5 Å². The van der Waals surface area contributed by atoms with E-state index in [1.165, 1.54) is 17.0 Å². The Hall–Kier alpha value is -2.94. The van der Waals surface area contributed by atoms with Crippen molar-refractivity contribution in [3.05, 3.63) is 64.8 Å². The number of carbonyl (C=O) groups is 1. The zero-order valence-electron chi connectivity index (χ0n) is 13.4. The van der Waals surface area contributed by atoms with Crippen LogP contribution in [0.15, 0.2) is 46.9 Å². The number of rotatable bonds is 5. The fourth-order valence-corrected chi connectivity index (χ4v) is 2.39. The number of nitrogens with zero attached hydrogens (tertiary/aromatic N) is 3. The van der Waals surface area contributed by atoms with Crippen LogP contribution >= 0.6 is 11.6 Å². The maximum absolute atomic E-state index is 14.4. The fourth-order valence-electron chi connectivity index (χ4n) is 2.27. The number of hydrogen-bond donors (Lipinski definition) is 0. The molecule has 0 saturated heterocycles. The summed E-state index contributed by atoms with van der Waals surface area (Å²) in [5.74, 6) is -2.71. The lowest BCUT2D eigenvalue weighted by molar-refractivity contribution is -0.156. The van der Waals surface area contributed by atoms with E-state index in [0.717, 1.165) is 6.07 Å². The van der Waals surface area contributed by atoms with Gasteiger partial charge in [0.1, 0.15) is 5.82 Å². The minimum absolute atomic E-state index is 0.0107. The first-order valence-electron chi connectivity index (χ1n) is 7.45. The molecule has 0 aliphatic carbocycles. The van der Waals surface area contributed by atoms with Gasteiger partial charge in [-0.2, -0.15) is 13.2 Å². The lowest BCUT2D eigenvalue weighted by Gasteiger charge is -2.18. The highest BCUT2D eigenvalue weighted by Gasteiger charge is 2.38. The van der Waals surface area contributed by atoms with Crippen molar-refractivity contribution < 1.29 is 26.8 Å². The predicted molar refractivity (Wildman–Crippen MR) is 88.4 cm³/mol. The first kappa shape index (κ1) is 18.8. The zero-order valence-corrected chi connectivity index (χ0v) is 14.1. The molecule has 0 radical (unpaired) electrons. The number of amides is 1. The van der Waals surface area contributed by atoms with Crippen LogP contribution in [0.4, 0.5) is 23.2 Å². The second-order valence-corrected chi connectivity index (χ2v) is 5.86. The van der Waals surface area contributed by atoms with E-state index in [2.05, 4.69) is 14.6 Å². The number of alkyl halides is 3. The van der Waals surface area contributed by atoms with Gasteiger partial charge in [0.25, 0.3) is 0 Å². The molecule has 0 unspecified atom stereocenters. The van der Waals surface area contributed by atoms with Crippen LogP contribution in [-0.4, -0.2) is 16.6 Å². The van der Waals surface area contributed by atoms with E-state index in [4.69, 9.17) is 11.6 Å². The molecule has 1 heterocycles. The Kier molecular flexibility index (Phi) is 5.13. The Morgan fingerprint density at radius 2 is 1.81 bits per heavy atom. The van der Waals surface area contributed by atoms with Crippen molar-refractivity contribution in [1.82, 2.24) is 10.2 Å². The molecule has 5 nitrogen and oxygen atoms in total. The van der Waals surface area contributed by atoms with Crippen molar-refractivity contribution in [2.75, 3.05) is 4.90 Å². The van der Waals surface area contributed by atoms with Gasteiger partial charge in [0, 0.05) is 21.8 Å². The molecular weight excluding hydrogens is 390 g/mol. The molecule has 10 heteroatoms. The lowest BCUT2D eigenvalue weighted by atomic mass is 10.1. The van der Waals surface area contributed by atoms with Gasteiger partial charge >= 0.3 is 12.1 Å². The van der Waals surface area contributed by atoms with Crippen LogP contribution in [0, 0.1) is 5.82 Å². The van der Waals surface area contributed by atoms with E-state index < -0.39 is 23.8 Å². The van der Waals surface area contributed by atoms with Crippen molar-refractivity contribution in [1.29, 1.82) is 0 Å². The molecule has 1 aromatic heterocycles. The SMILES string of the molecule is O=CN(Cc1ccc(-c2nnc(C(F)(F)F)o2)cc1F)c1ccc(Cl)cc1. The van der Waals surface area contributed by atoms with Crippen LogP contribution in [0.25, 0.3) is 11.5 Å². The van der Waals surface area contributed by atoms with Crippen molar-refractivity contribution in [3.63, 3.8) is 0 Å². The van der Waals surface area contributed by atoms with Crippen molar-refractivity contribution in [2.24, 2.45) is 0 Å². The lowest BCUT2D eigenvalue weighted by Crippen LogP contribution is -2.20. The van der Waals surface area contributed by atoms with Gasteiger partial charge in [0.05, 0.1) is 6.54 Å². The topological polar surface area (TPSA) is 59.2 Å². The van der Waals surface area contributed by atoms with Gasteiger partial charge in [-0.15, -0.1) is 10.2 Å². The Morgan fingerprint density at radius 3 is 2.37 bits per heavy atom. The standard InChI is InChI=1S/C17H10ClF4N3O2/c18-12-3-5-13(6-4-12)25(9-26)8-11-2-1-10(7-14(11)19)15-23-24-16(27-15)17(20,21)22/h1-7,9H,8H2. The first-order chi connectivity index (χ1) is 12.8. The summed E-state index contributed by atoms with van der Waals surface area (Å²) in [4.78, 5) is 12.6. The van der Waals surface area contributed by atoms with Crippen LogP contribution < -0.4 is 4.90 Å². The predicted octanol–water partition coefficient (Wildman–Crippen LogP) is 4.71. The highest BCUT2D eigenvalue weighted by molar-refractivity contribution is 6.30. The Bertz CT molecular complexity index is 958. The van der Waals surface area contributed by atoms with Gasteiger partial charge in [-0.3, -0.25) is 4.79 Å². The van der Waals surface area contributed by atoms with Gasteiger partial charge in [-0.1, -0.05) is 17.7 Å². The molecule has 0 spiro atoms. The molecule has 3 rings (SSSR count). The number of aromatic nitrogens is 2. The quantitative estimate of drug-likeness (QED) is 0.460. The summed E-state index contributed by atoms with van der Waals surface area (Å²) in [7, 11) is 0. The third kappa shape index (κ3) is 4.25. The Morgan fingerprint density at radius 1 is 1.11 bits per heavy atom. The highest BCUT2D eigenvalue weighted by Crippen LogP contribution is 2.31. The summed E-state index contributed by atoms with van der Waals surface area (Å²) in [5, 5.41) is 6.65. The van der Waals surface area contributed by atoms with Gasteiger partial charge in [0.15, 0.2) is 0 Å². The van der Waals surface area contributed by atoms with E-state index in [9.17, 15) is 22.4 Å². The molecule has 27 heavy (non-hydrogen) atoms. The summed E-state index contributed by atoms with van der Waals surface area (Å²) in [6.45, 7) is -0.0884. The third-order valence-corrected chi connectivity index (χ3v) is 3.85. The molecule has 3 aromatic rings. The Balaban J connectivity index is 1.83. The number of carbonyl (C=O) groups excluding carboxylic acids is 1. The maximum atomic E-state index is 14.4. The number of hydrogen-bond acceptors (Lipinski definition) is 4. The van der Waals surface area contributed by atoms with Gasteiger partial charge in [-0.25, -0.2) is 4.39 Å². The van der Waals surface area contributed by atoms with Crippen LogP contribution in [0.2, 0.25) is 5.02 Å². The van der Waals surface area contributed by atoms with Crippen LogP contribution in [-0.2, 0) is 17.5 Å². The molecule has 0 atom stereocenters. The molecule has 0 saturated carbocycles. The molecule has 0 fully saturated rings. The minimum atomic E-state index is -4.78. The minimum Gasteiger partial charge on any atom is -0.413 e. The zero-order chi connectivity index (χ0) is 19.6. The van der Waals surface area contributed by atoms with Crippen molar-refractivity contribution in [2.45, 2.75) is 12.7 Å². The molecule has 140 valence electrons. The summed E-state index contributed by atoms with van der Waals surface area (Å²) >= 11 is 5.79. The van der Waals surface area contributed by atoms with E-state index in [1.54, 1.807) is 24.3 Å². The normalized spacial score (nSPS) is 11.4. The smallest absolute Gasteiger partial charge is 0.413 e. The van der Waals surface area contributed by atoms with E-state index in [1.807, 2.05) is 0 Å². The summed E-state index contributed by atoms with van der Waals surface area (Å²) in [5.41, 5.74) is 0.643. The number of benzene rings is 2. The second-order valence-electron chi connectivity index (χ2n) is 5.43. The monoisotopic (exact) mass is 399 g/mol. The van der Waals surface area contributed by atoms with Crippen molar-refractivity contribution in [3.8, 4) is 11.5 Å². The molecule has 0 aliphatic heterocycles. The molecule has 0 bridgehead atoms. The van der Waals surface area contributed by atoms with E-state index in [-0.39, 0.29) is 17.7 Å². The Labute approximate surface area is 155 Å². The summed E-state index contributed by atoms with van der Waals surface area (Å²) < 4.78 is 56.4. The van der Waals surface area contributed by atoms with Gasteiger partial charge in [-0.05, 0) is 36.4 Å². The van der Waals surface area contributed by atoms with E-state index in [0.29, 0.717) is 17.1 Å². The largest absolute Gasteiger partial charge is 0.470 e. The number of halogens is 5. The first-order valence-corrected chi connectivity index (χ1v) is 7.83. The van der Waals surface area contributed by atoms with Gasteiger partial charge in [0.2, 0.25) is 12.3 Å². The maximum Gasteiger partial charge on any atom is 0.470 e. The molecular formula is C17H10ClF4N3O2. The molecule has 1 amide bonds. The molecule has 0 N–H and O–H groups in total. The van der Waals surface area contributed by atoms with Crippen LogP contribution in [0.5, 0.6) is 0 Å². The van der Waals surface area contributed by atoms with Crippen LogP contribution in [0.3, 0.4) is 0 Å². The average Bonchev–Trinajstić information content (AvgIpc) is 3.12. The van der Waals surface area contributed by atoms with E-state index >= 15 is 0 Å². The highest BCUT2D eigenvalue weighted by atomic mass is 35.5. The molecule has 0 aliphatic rings. The van der Waals surface area contributed by atoms with Gasteiger partial charge < -0.3 is 9.32 Å². The summed E-state index contributed by atoms with van der Waals surface area (Å²) in [6.07, 6.45) is -4.25. The summed E-state index contributed by atoms with van der Waals surface area (Å²) in [6, 6.07) is 9.99.